The number of benzene rings is 2. The normalized spacial score (nSPS) is 13.1. The predicted molar refractivity (Wildman–Crippen MR) is 69.5 cm³/mol. The largest absolute Gasteiger partial charge is 0.504 e. The van der Waals surface area contributed by atoms with Crippen molar-refractivity contribution in [1.82, 2.24) is 0 Å². The molecule has 0 atom stereocenters. The van der Waals surface area contributed by atoms with Crippen molar-refractivity contribution in [1.29, 1.82) is 0 Å². The second-order valence-electron chi connectivity index (χ2n) is 4.72. The molecule has 0 saturated heterocycles. The summed E-state index contributed by atoms with van der Waals surface area (Å²) < 4.78 is 0. The van der Waals surface area contributed by atoms with E-state index in [9.17, 15) is 24.9 Å². The van der Waals surface area contributed by atoms with E-state index in [0.717, 1.165) is 11.6 Å². The van der Waals surface area contributed by atoms with Crippen molar-refractivity contribution in [2.75, 3.05) is 0 Å². The fraction of sp³-hybridized carbons (Fsp3) is 0.0667. The lowest BCUT2D eigenvalue weighted by Crippen LogP contribution is -2.21. The molecule has 0 fully saturated rings. The summed E-state index contributed by atoms with van der Waals surface area (Å²) in [6, 6.07) is 5.79. The van der Waals surface area contributed by atoms with Crippen LogP contribution in [0.4, 0.5) is 0 Å². The van der Waals surface area contributed by atoms with Gasteiger partial charge < -0.3 is 15.3 Å². The van der Waals surface area contributed by atoms with Gasteiger partial charge in [-0.3, -0.25) is 9.59 Å². The zero-order chi connectivity index (χ0) is 14.6. The third kappa shape index (κ3) is 1.43. The van der Waals surface area contributed by atoms with E-state index in [1.807, 2.05) is 0 Å². The molecule has 0 aromatic heterocycles. The van der Waals surface area contributed by atoms with Gasteiger partial charge in [0.1, 0.15) is 0 Å². The van der Waals surface area contributed by atoms with Crippen molar-refractivity contribution in [3.05, 3.63) is 52.1 Å². The van der Waals surface area contributed by atoms with Crippen LogP contribution in [0.1, 0.15) is 37.4 Å². The van der Waals surface area contributed by atoms with Crippen molar-refractivity contribution < 1.29 is 24.9 Å². The summed E-state index contributed by atoms with van der Waals surface area (Å²) in [6.07, 6.45) is 0. The predicted octanol–water partition coefficient (Wildman–Crippen LogP) is 1.89. The molecule has 0 aliphatic heterocycles. The Kier molecular flexibility index (Phi) is 2.34. The fourth-order valence-electron chi connectivity index (χ4n) is 2.38. The van der Waals surface area contributed by atoms with Gasteiger partial charge in [-0.2, -0.15) is 0 Å². The molecule has 1 aliphatic rings. The number of phenols is 3. The highest BCUT2D eigenvalue weighted by Crippen LogP contribution is 2.43. The van der Waals surface area contributed by atoms with Crippen LogP contribution in [-0.2, 0) is 0 Å². The minimum absolute atomic E-state index is 0.112. The highest BCUT2D eigenvalue weighted by Gasteiger charge is 2.34. The first-order chi connectivity index (χ1) is 9.41. The molecule has 3 rings (SSSR count). The third-order valence-electron chi connectivity index (χ3n) is 3.39. The van der Waals surface area contributed by atoms with E-state index in [-0.39, 0.29) is 22.3 Å². The lowest BCUT2D eigenvalue weighted by molar-refractivity contribution is 0.0975. The Balaban J connectivity index is 2.38. The van der Waals surface area contributed by atoms with Gasteiger partial charge in [0.15, 0.2) is 23.1 Å². The monoisotopic (exact) mass is 270 g/mol. The molecular weight excluding hydrogens is 260 g/mol. The number of hydrogen-bond acceptors (Lipinski definition) is 5. The SMILES string of the molecule is Cc1ccc2c(c1)C(=O)c1c(cc(O)c(O)c1O)C2=O. The van der Waals surface area contributed by atoms with E-state index in [4.69, 9.17) is 0 Å². The van der Waals surface area contributed by atoms with Gasteiger partial charge in [-0.1, -0.05) is 17.7 Å². The van der Waals surface area contributed by atoms with Crippen molar-refractivity contribution in [2.45, 2.75) is 6.92 Å². The minimum atomic E-state index is -0.805. The molecule has 0 unspecified atom stereocenters. The van der Waals surface area contributed by atoms with Gasteiger partial charge in [0.2, 0.25) is 5.75 Å². The summed E-state index contributed by atoms with van der Waals surface area (Å²) in [5.74, 6) is -3.24. The van der Waals surface area contributed by atoms with Crippen molar-refractivity contribution in [2.24, 2.45) is 0 Å². The Morgan fingerprint density at radius 2 is 1.50 bits per heavy atom. The summed E-state index contributed by atoms with van der Waals surface area (Å²) in [5.41, 5.74) is 0.818. The molecule has 0 radical (unpaired) electrons. The minimum Gasteiger partial charge on any atom is -0.504 e. The van der Waals surface area contributed by atoms with Crippen LogP contribution < -0.4 is 0 Å². The highest BCUT2D eigenvalue weighted by atomic mass is 16.3. The summed E-state index contributed by atoms with van der Waals surface area (Å²) in [7, 11) is 0. The summed E-state index contributed by atoms with van der Waals surface area (Å²) >= 11 is 0. The topological polar surface area (TPSA) is 94.8 Å². The Bertz CT molecular complexity index is 789. The molecule has 2 aromatic carbocycles. The Hall–Kier alpha value is -2.82. The Labute approximate surface area is 113 Å². The van der Waals surface area contributed by atoms with E-state index in [1.165, 1.54) is 6.07 Å². The van der Waals surface area contributed by atoms with Crippen molar-refractivity contribution in [3.8, 4) is 17.2 Å². The molecule has 0 bridgehead atoms. The van der Waals surface area contributed by atoms with E-state index < -0.39 is 28.8 Å². The van der Waals surface area contributed by atoms with Gasteiger partial charge in [0.05, 0.1) is 5.56 Å². The third-order valence-corrected chi connectivity index (χ3v) is 3.39. The van der Waals surface area contributed by atoms with E-state index in [0.29, 0.717) is 0 Å². The summed E-state index contributed by atoms with van der Waals surface area (Å²) in [4.78, 5) is 24.7. The van der Waals surface area contributed by atoms with Crippen LogP contribution in [0.3, 0.4) is 0 Å². The number of aromatic hydroxyl groups is 3. The van der Waals surface area contributed by atoms with Crippen LogP contribution in [0.2, 0.25) is 0 Å². The zero-order valence-corrected chi connectivity index (χ0v) is 10.5. The average molecular weight is 270 g/mol. The van der Waals surface area contributed by atoms with Crippen molar-refractivity contribution >= 4 is 11.6 Å². The fourth-order valence-corrected chi connectivity index (χ4v) is 2.38. The molecule has 5 heteroatoms. The first kappa shape index (κ1) is 12.2. The molecule has 2 aromatic rings. The first-order valence-corrected chi connectivity index (χ1v) is 5.89. The second kappa shape index (κ2) is 3.84. The summed E-state index contributed by atoms with van der Waals surface area (Å²) in [6.45, 7) is 1.78. The smallest absolute Gasteiger partial charge is 0.201 e. The molecule has 3 N–H and O–H groups in total. The number of ketones is 2. The molecule has 0 amide bonds. The standard InChI is InChI=1S/C15H10O5/c1-6-2-3-7-8(4-6)13(18)11-9(12(7)17)5-10(16)14(19)15(11)20/h2-5,16,19-20H,1H3. The molecule has 5 nitrogen and oxygen atoms in total. The van der Waals surface area contributed by atoms with Crippen LogP contribution in [-0.4, -0.2) is 26.9 Å². The van der Waals surface area contributed by atoms with Gasteiger partial charge in [-0.25, -0.2) is 0 Å². The second-order valence-corrected chi connectivity index (χ2v) is 4.72. The number of carbonyl (C=O) groups is 2. The van der Waals surface area contributed by atoms with Crippen LogP contribution in [0, 0.1) is 6.92 Å². The number of carbonyl (C=O) groups excluding carboxylic acids is 2. The molecule has 0 spiro atoms. The maximum Gasteiger partial charge on any atom is 0.201 e. The number of phenolic OH excluding ortho intramolecular Hbond substituents is 3. The van der Waals surface area contributed by atoms with Crippen LogP contribution in [0.5, 0.6) is 17.2 Å². The van der Waals surface area contributed by atoms with Crippen LogP contribution >= 0.6 is 0 Å². The average Bonchev–Trinajstić information content (AvgIpc) is 2.41. The molecule has 100 valence electrons. The van der Waals surface area contributed by atoms with Gasteiger partial charge in [0, 0.05) is 16.7 Å². The van der Waals surface area contributed by atoms with Crippen molar-refractivity contribution in [3.63, 3.8) is 0 Å². The van der Waals surface area contributed by atoms with E-state index >= 15 is 0 Å². The molecular formula is C15H10O5. The lowest BCUT2D eigenvalue weighted by atomic mass is 9.82. The first-order valence-electron chi connectivity index (χ1n) is 5.89. The lowest BCUT2D eigenvalue weighted by Gasteiger charge is -2.19. The molecule has 0 heterocycles. The van der Waals surface area contributed by atoms with Crippen LogP contribution in [0.25, 0.3) is 0 Å². The molecule has 20 heavy (non-hydrogen) atoms. The zero-order valence-electron chi connectivity index (χ0n) is 10.5. The Morgan fingerprint density at radius 1 is 0.800 bits per heavy atom. The number of fused-ring (bicyclic) bond motifs is 2. The molecule has 1 aliphatic carbocycles. The quantitative estimate of drug-likeness (QED) is 0.542. The maximum absolute atomic E-state index is 12.4. The number of aryl methyl sites for hydroxylation is 1. The van der Waals surface area contributed by atoms with Crippen LogP contribution in [0.15, 0.2) is 24.3 Å². The highest BCUT2D eigenvalue weighted by molar-refractivity contribution is 6.29. The Morgan fingerprint density at radius 3 is 2.20 bits per heavy atom. The van der Waals surface area contributed by atoms with Gasteiger partial charge in [-0.15, -0.1) is 0 Å². The maximum atomic E-state index is 12.4. The van der Waals surface area contributed by atoms with E-state index in [2.05, 4.69) is 0 Å². The van der Waals surface area contributed by atoms with Gasteiger partial charge in [0.25, 0.3) is 0 Å². The van der Waals surface area contributed by atoms with E-state index in [1.54, 1.807) is 19.1 Å². The van der Waals surface area contributed by atoms with Gasteiger partial charge in [-0.05, 0) is 19.1 Å². The molecule has 0 saturated carbocycles. The number of hydrogen-bond donors (Lipinski definition) is 3. The van der Waals surface area contributed by atoms with Gasteiger partial charge >= 0.3 is 0 Å². The summed E-state index contributed by atoms with van der Waals surface area (Å²) in [5, 5.41) is 28.8. The number of rotatable bonds is 0.